The fourth-order valence-corrected chi connectivity index (χ4v) is 3.46. The molecular formula is C22H21ClN4O2S. The number of benzene rings is 2. The van der Waals surface area contributed by atoms with E-state index in [0.717, 1.165) is 28.3 Å². The van der Waals surface area contributed by atoms with Crippen molar-refractivity contribution in [3.05, 3.63) is 82.1 Å². The lowest BCUT2D eigenvalue weighted by molar-refractivity contribution is -0.118. The van der Waals surface area contributed by atoms with Crippen molar-refractivity contribution in [2.45, 2.75) is 25.6 Å². The van der Waals surface area contributed by atoms with Gasteiger partial charge in [-0.1, -0.05) is 41.6 Å². The van der Waals surface area contributed by atoms with Gasteiger partial charge in [0.2, 0.25) is 0 Å². The van der Waals surface area contributed by atoms with Crippen molar-refractivity contribution in [1.82, 2.24) is 15.4 Å². The van der Waals surface area contributed by atoms with Gasteiger partial charge >= 0.3 is 0 Å². The summed E-state index contributed by atoms with van der Waals surface area (Å²) in [5.74, 6) is 0.689. The number of amides is 1. The van der Waals surface area contributed by atoms with E-state index in [9.17, 15) is 4.79 Å². The summed E-state index contributed by atoms with van der Waals surface area (Å²) in [5.41, 5.74) is 6.03. The van der Waals surface area contributed by atoms with Crippen molar-refractivity contribution in [2.75, 3.05) is 5.75 Å². The first-order chi connectivity index (χ1) is 14.5. The normalized spacial score (nSPS) is 10.9. The fraction of sp³-hybridized carbons (Fsp3) is 0.182. The van der Waals surface area contributed by atoms with E-state index in [1.807, 2.05) is 68.4 Å². The van der Waals surface area contributed by atoms with Crippen molar-refractivity contribution < 1.29 is 9.53 Å². The molecule has 0 saturated carbocycles. The second kappa shape index (κ2) is 10.8. The lowest BCUT2D eigenvalue weighted by Crippen LogP contribution is -2.19. The first kappa shape index (κ1) is 21.8. The third-order valence-corrected chi connectivity index (χ3v) is 5.15. The quantitative estimate of drug-likeness (QED) is 0.240. The molecule has 1 aromatic heterocycles. The standard InChI is InChI=1S/C22H21ClN4O2S/c1-15-11-16(2)26-22(25-15)30-14-21(28)27-24-12-17-7-9-19(10-8-17)29-13-18-5-3-4-6-20(18)23/h3-12H,13-14H2,1-2H3,(H,27,28)/b24-12-. The minimum absolute atomic E-state index is 0.190. The van der Waals surface area contributed by atoms with Crippen LogP contribution in [0.3, 0.4) is 0 Å². The topological polar surface area (TPSA) is 76.5 Å². The molecule has 0 radical (unpaired) electrons. The highest BCUT2D eigenvalue weighted by atomic mass is 35.5. The molecule has 0 aliphatic heterocycles. The molecule has 8 heteroatoms. The number of nitrogens with zero attached hydrogens (tertiary/aromatic N) is 3. The van der Waals surface area contributed by atoms with Crippen LogP contribution in [-0.2, 0) is 11.4 Å². The number of hydrazone groups is 1. The van der Waals surface area contributed by atoms with Crippen LogP contribution in [-0.4, -0.2) is 27.8 Å². The van der Waals surface area contributed by atoms with Gasteiger partial charge in [0.1, 0.15) is 12.4 Å². The van der Waals surface area contributed by atoms with Crippen molar-refractivity contribution in [2.24, 2.45) is 5.10 Å². The summed E-state index contributed by atoms with van der Waals surface area (Å²) in [6.07, 6.45) is 1.58. The molecule has 1 heterocycles. The maximum atomic E-state index is 11.9. The Bertz CT molecular complexity index is 1020. The molecule has 0 fully saturated rings. The summed E-state index contributed by atoms with van der Waals surface area (Å²) in [5, 5.41) is 5.25. The Hall–Kier alpha value is -2.90. The lowest BCUT2D eigenvalue weighted by atomic mass is 10.2. The molecular weight excluding hydrogens is 420 g/mol. The van der Waals surface area contributed by atoms with Crippen LogP contribution in [0, 0.1) is 13.8 Å². The van der Waals surface area contributed by atoms with Crippen LogP contribution in [0.2, 0.25) is 5.02 Å². The average molecular weight is 441 g/mol. The van der Waals surface area contributed by atoms with Gasteiger partial charge in [0.25, 0.3) is 5.91 Å². The minimum Gasteiger partial charge on any atom is -0.489 e. The third kappa shape index (κ3) is 6.86. The summed E-state index contributed by atoms with van der Waals surface area (Å²) in [4.78, 5) is 20.5. The van der Waals surface area contributed by atoms with Gasteiger partial charge in [-0.3, -0.25) is 4.79 Å². The zero-order chi connectivity index (χ0) is 21.3. The van der Waals surface area contributed by atoms with Crippen LogP contribution in [0.5, 0.6) is 5.75 Å². The smallest absolute Gasteiger partial charge is 0.250 e. The van der Waals surface area contributed by atoms with Crippen LogP contribution in [0.1, 0.15) is 22.5 Å². The number of hydrogen-bond acceptors (Lipinski definition) is 6. The molecule has 0 atom stereocenters. The van der Waals surface area contributed by atoms with Gasteiger partial charge in [-0.2, -0.15) is 5.10 Å². The molecule has 0 saturated heterocycles. The Balaban J connectivity index is 1.44. The summed E-state index contributed by atoms with van der Waals surface area (Å²) in [6, 6.07) is 16.9. The first-order valence-corrected chi connectivity index (χ1v) is 10.6. The van der Waals surface area contributed by atoms with Gasteiger partial charge in [-0.25, -0.2) is 15.4 Å². The Kier molecular flexibility index (Phi) is 7.82. The van der Waals surface area contributed by atoms with E-state index in [0.29, 0.717) is 16.8 Å². The number of aryl methyl sites for hydroxylation is 2. The van der Waals surface area contributed by atoms with Gasteiger partial charge in [0.15, 0.2) is 5.16 Å². The number of carbonyl (C=O) groups is 1. The van der Waals surface area contributed by atoms with E-state index >= 15 is 0 Å². The maximum absolute atomic E-state index is 11.9. The van der Waals surface area contributed by atoms with Crippen LogP contribution < -0.4 is 10.2 Å². The summed E-state index contributed by atoms with van der Waals surface area (Å²) in [6.45, 7) is 4.19. The van der Waals surface area contributed by atoms with Crippen molar-refractivity contribution in [3.63, 3.8) is 0 Å². The summed E-state index contributed by atoms with van der Waals surface area (Å²) in [7, 11) is 0. The van der Waals surface area contributed by atoms with Gasteiger partial charge < -0.3 is 4.74 Å². The van der Waals surface area contributed by atoms with Crippen molar-refractivity contribution in [3.8, 4) is 5.75 Å². The van der Waals surface area contributed by atoms with Gasteiger partial charge in [-0.05, 0) is 55.8 Å². The molecule has 1 N–H and O–H groups in total. The maximum Gasteiger partial charge on any atom is 0.250 e. The Morgan fingerprint density at radius 3 is 2.53 bits per heavy atom. The second-order valence-corrected chi connectivity index (χ2v) is 7.81. The Labute approximate surface area is 184 Å². The van der Waals surface area contributed by atoms with Crippen molar-refractivity contribution in [1.29, 1.82) is 0 Å². The molecule has 6 nitrogen and oxygen atoms in total. The monoisotopic (exact) mass is 440 g/mol. The predicted octanol–water partition coefficient (Wildman–Crippen LogP) is 4.57. The predicted molar refractivity (Wildman–Crippen MR) is 120 cm³/mol. The zero-order valence-corrected chi connectivity index (χ0v) is 18.2. The fourth-order valence-electron chi connectivity index (χ4n) is 2.53. The molecule has 30 heavy (non-hydrogen) atoms. The molecule has 154 valence electrons. The van der Waals surface area contributed by atoms with Gasteiger partial charge in [-0.15, -0.1) is 0 Å². The largest absolute Gasteiger partial charge is 0.489 e. The molecule has 3 aromatic rings. The molecule has 0 aliphatic rings. The van der Waals surface area contributed by atoms with E-state index < -0.39 is 0 Å². The number of aromatic nitrogens is 2. The molecule has 3 rings (SSSR count). The Morgan fingerprint density at radius 2 is 1.83 bits per heavy atom. The molecule has 0 spiro atoms. The molecule has 2 aromatic carbocycles. The highest BCUT2D eigenvalue weighted by molar-refractivity contribution is 7.99. The lowest BCUT2D eigenvalue weighted by Gasteiger charge is -2.07. The second-order valence-electron chi connectivity index (χ2n) is 6.46. The number of halogens is 1. The summed E-state index contributed by atoms with van der Waals surface area (Å²) >= 11 is 7.40. The number of rotatable bonds is 8. The molecule has 0 bridgehead atoms. The number of carbonyl (C=O) groups excluding carboxylic acids is 1. The summed E-state index contributed by atoms with van der Waals surface area (Å²) < 4.78 is 5.75. The van der Waals surface area contributed by atoms with Crippen LogP contribution in [0.15, 0.2) is 64.9 Å². The highest BCUT2D eigenvalue weighted by Crippen LogP contribution is 2.18. The van der Waals surface area contributed by atoms with Crippen LogP contribution in [0.4, 0.5) is 0 Å². The number of ether oxygens (including phenoxy) is 1. The van der Waals surface area contributed by atoms with E-state index in [1.54, 1.807) is 6.21 Å². The SMILES string of the molecule is Cc1cc(C)nc(SCC(=O)N/N=C\c2ccc(OCc3ccccc3Cl)cc2)n1. The van der Waals surface area contributed by atoms with Gasteiger partial charge in [0.05, 0.1) is 12.0 Å². The van der Waals surface area contributed by atoms with E-state index in [4.69, 9.17) is 16.3 Å². The number of nitrogens with one attached hydrogen (secondary N) is 1. The Morgan fingerprint density at radius 1 is 1.13 bits per heavy atom. The highest BCUT2D eigenvalue weighted by Gasteiger charge is 2.05. The number of hydrogen-bond donors (Lipinski definition) is 1. The van der Waals surface area contributed by atoms with E-state index in [-0.39, 0.29) is 11.7 Å². The third-order valence-electron chi connectivity index (χ3n) is 3.93. The van der Waals surface area contributed by atoms with Gasteiger partial charge in [0, 0.05) is 22.0 Å². The van der Waals surface area contributed by atoms with E-state index in [2.05, 4.69) is 20.5 Å². The molecule has 0 aliphatic carbocycles. The average Bonchev–Trinajstić information content (AvgIpc) is 2.72. The van der Waals surface area contributed by atoms with Crippen LogP contribution in [0.25, 0.3) is 0 Å². The zero-order valence-electron chi connectivity index (χ0n) is 16.6. The molecule has 0 unspecified atom stereocenters. The first-order valence-electron chi connectivity index (χ1n) is 9.23. The minimum atomic E-state index is -0.223. The number of thioether (sulfide) groups is 1. The molecule has 1 amide bonds. The van der Waals surface area contributed by atoms with Crippen molar-refractivity contribution >= 4 is 35.5 Å². The van der Waals surface area contributed by atoms with Crippen LogP contribution >= 0.6 is 23.4 Å². The van der Waals surface area contributed by atoms with E-state index in [1.165, 1.54) is 11.8 Å².